The van der Waals surface area contributed by atoms with Crippen molar-refractivity contribution in [3.8, 4) is 0 Å². The maximum atomic E-state index is 5.88. The number of para-hydroxylation sites is 1. The smallest absolute Gasteiger partial charge is 0.134 e. The molecule has 0 amide bonds. The predicted molar refractivity (Wildman–Crippen MR) is 87.1 cm³/mol. The normalized spacial score (nSPS) is 12.6. The van der Waals surface area contributed by atoms with Gasteiger partial charge in [0.1, 0.15) is 11.3 Å². The number of fused-ring (bicyclic) bond motifs is 1. The summed E-state index contributed by atoms with van der Waals surface area (Å²) in [5.41, 5.74) is 3.24. The third kappa shape index (κ3) is 2.59. The van der Waals surface area contributed by atoms with E-state index in [1.165, 1.54) is 5.56 Å². The molecule has 0 radical (unpaired) electrons. The van der Waals surface area contributed by atoms with Gasteiger partial charge in [0.05, 0.1) is 6.04 Å². The van der Waals surface area contributed by atoms with Gasteiger partial charge >= 0.3 is 0 Å². The van der Waals surface area contributed by atoms with E-state index in [0.29, 0.717) is 0 Å². The lowest BCUT2D eigenvalue weighted by Crippen LogP contribution is -2.05. The number of hydrogen-bond donors (Lipinski definition) is 1. The molecular weight excluding hydrogens is 314 g/mol. The molecule has 20 heavy (non-hydrogen) atoms. The van der Waals surface area contributed by atoms with Crippen molar-refractivity contribution in [1.29, 1.82) is 0 Å². The van der Waals surface area contributed by atoms with Crippen LogP contribution in [0.25, 0.3) is 11.0 Å². The van der Waals surface area contributed by atoms with E-state index < -0.39 is 0 Å². The van der Waals surface area contributed by atoms with Gasteiger partial charge in [0.2, 0.25) is 0 Å². The summed E-state index contributed by atoms with van der Waals surface area (Å²) in [7, 11) is 0. The fourth-order valence-corrected chi connectivity index (χ4v) is 2.52. The summed E-state index contributed by atoms with van der Waals surface area (Å²) < 4.78 is 7.01. The van der Waals surface area contributed by atoms with E-state index in [1.807, 2.05) is 18.2 Å². The average molecular weight is 330 g/mol. The van der Waals surface area contributed by atoms with Crippen molar-refractivity contribution in [3.63, 3.8) is 0 Å². The molecule has 1 heterocycles. The molecule has 3 aromatic rings. The van der Waals surface area contributed by atoms with E-state index in [4.69, 9.17) is 4.42 Å². The highest BCUT2D eigenvalue weighted by Crippen LogP contribution is 2.27. The topological polar surface area (TPSA) is 25.2 Å². The van der Waals surface area contributed by atoms with Gasteiger partial charge in [-0.3, -0.25) is 0 Å². The van der Waals surface area contributed by atoms with Crippen LogP contribution in [0.1, 0.15) is 24.3 Å². The molecule has 0 aliphatic carbocycles. The van der Waals surface area contributed by atoms with Gasteiger partial charge in [0.15, 0.2) is 0 Å². The van der Waals surface area contributed by atoms with Crippen LogP contribution in [0.3, 0.4) is 0 Å². The Morgan fingerprint density at radius 2 is 1.90 bits per heavy atom. The van der Waals surface area contributed by atoms with E-state index in [2.05, 4.69) is 65.4 Å². The lowest BCUT2D eigenvalue weighted by Gasteiger charge is -2.13. The summed E-state index contributed by atoms with van der Waals surface area (Å²) >= 11 is 3.52. The van der Waals surface area contributed by atoms with Crippen LogP contribution in [0, 0.1) is 6.92 Å². The highest BCUT2D eigenvalue weighted by Gasteiger charge is 2.11. The summed E-state index contributed by atoms with van der Waals surface area (Å²) in [6.45, 7) is 4.19. The quantitative estimate of drug-likeness (QED) is 0.669. The number of aryl methyl sites for hydroxylation is 1. The minimum absolute atomic E-state index is 0.128. The molecule has 1 N–H and O–H groups in total. The molecule has 3 heteroatoms. The number of hydrogen-bond acceptors (Lipinski definition) is 2. The minimum Gasteiger partial charge on any atom is -0.459 e. The molecule has 102 valence electrons. The average Bonchev–Trinajstić information content (AvgIpc) is 2.87. The minimum atomic E-state index is 0.128. The van der Waals surface area contributed by atoms with Crippen molar-refractivity contribution < 1.29 is 4.42 Å². The van der Waals surface area contributed by atoms with Crippen LogP contribution in [-0.2, 0) is 0 Å². The maximum Gasteiger partial charge on any atom is 0.134 e. The number of halogens is 1. The van der Waals surface area contributed by atoms with Gasteiger partial charge in [-0.2, -0.15) is 0 Å². The van der Waals surface area contributed by atoms with Gasteiger partial charge < -0.3 is 9.73 Å². The number of benzene rings is 2. The molecule has 1 unspecified atom stereocenters. The molecule has 2 nitrogen and oxygen atoms in total. The zero-order valence-electron chi connectivity index (χ0n) is 11.5. The van der Waals surface area contributed by atoms with Crippen molar-refractivity contribution in [3.05, 3.63) is 64.3 Å². The summed E-state index contributed by atoms with van der Waals surface area (Å²) in [5.74, 6) is 0.951. The van der Waals surface area contributed by atoms with Crippen LogP contribution in [0.4, 0.5) is 5.69 Å². The van der Waals surface area contributed by atoms with Crippen LogP contribution in [0.2, 0.25) is 0 Å². The lowest BCUT2D eigenvalue weighted by molar-refractivity contribution is 0.526. The van der Waals surface area contributed by atoms with Crippen molar-refractivity contribution in [2.24, 2.45) is 0 Å². The Bertz CT molecular complexity index is 715. The van der Waals surface area contributed by atoms with E-state index in [-0.39, 0.29) is 6.04 Å². The van der Waals surface area contributed by atoms with Crippen molar-refractivity contribution in [1.82, 2.24) is 0 Å². The molecule has 2 aromatic carbocycles. The largest absolute Gasteiger partial charge is 0.459 e. The Morgan fingerprint density at radius 1 is 1.10 bits per heavy atom. The molecular formula is C17H16BrNO. The van der Waals surface area contributed by atoms with Crippen LogP contribution >= 0.6 is 15.9 Å². The molecule has 0 aliphatic heterocycles. The van der Waals surface area contributed by atoms with Gasteiger partial charge in [-0.1, -0.05) is 34.1 Å². The third-order valence-electron chi connectivity index (χ3n) is 3.41. The van der Waals surface area contributed by atoms with E-state index in [9.17, 15) is 0 Å². The Hall–Kier alpha value is -1.74. The predicted octanol–water partition coefficient (Wildman–Crippen LogP) is 5.68. The SMILES string of the molecule is Cc1cc(NC(C)c2cc3ccccc3o2)ccc1Br. The van der Waals surface area contributed by atoms with Gasteiger partial charge in [-0.05, 0) is 49.7 Å². The fourth-order valence-electron chi connectivity index (χ4n) is 2.27. The number of furan rings is 1. The zero-order valence-corrected chi connectivity index (χ0v) is 13.1. The van der Waals surface area contributed by atoms with Crippen LogP contribution in [-0.4, -0.2) is 0 Å². The van der Waals surface area contributed by atoms with Crippen LogP contribution < -0.4 is 5.32 Å². The summed E-state index contributed by atoms with van der Waals surface area (Å²) in [5, 5.41) is 4.61. The van der Waals surface area contributed by atoms with Gasteiger partial charge in [-0.15, -0.1) is 0 Å². The molecule has 0 fully saturated rings. The molecule has 0 saturated carbocycles. The Balaban J connectivity index is 1.84. The molecule has 0 bridgehead atoms. The van der Waals surface area contributed by atoms with Crippen molar-refractivity contribution in [2.75, 3.05) is 5.32 Å². The molecule has 1 aromatic heterocycles. The van der Waals surface area contributed by atoms with Crippen molar-refractivity contribution in [2.45, 2.75) is 19.9 Å². The second-order valence-corrected chi connectivity index (χ2v) is 5.87. The first-order chi connectivity index (χ1) is 9.63. The highest BCUT2D eigenvalue weighted by atomic mass is 79.9. The maximum absolute atomic E-state index is 5.88. The van der Waals surface area contributed by atoms with Crippen LogP contribution in [0.5, 0.6) is 0 Å². The molecule has 1 atom stereocenters. The number of nitrogens with one attached hydrogen (secondary N) is 1. The first-order valence-electron chi connectivity index (χ1n) is 6.64. The first-order valence-corrected chi connectivity index (χ1v) is 7.44. The standard InChI is InChI=1S/C17H16BrNO/c1-11-9-14(7-8-15(11)18)19-12(2)17-10-13-5-3-4-6-16(13)20-17/h3-10,12,19H,1-2H3. The van der Waals surface area contributed by atoms with Crippen molar-refractivity contribution >= 4 is 32.6 Å². The highest BCUT2D eigenvalue weighted by molar-refractivity contribution is 9.10. The monoisotopic (exact) mass is 329 g/mol. The molecule has 0 spiro atoms. The molecule has 3 rings (SSSR count). The van der Waals surface area contributed by atoms with Gasteiger partial charge in [0.25, 0.3) is 0 Å². The van der Waals surface area contributed by atoms with E-state index >= 15 is 0 Å². The van der Waals surface area contributed by atoms with E-state index in [0.717, 1.165) is 26.9 Å². The number of anilines is 1. The second-order valence-electron chi connectivity index (χ2n) is 5.02. The van der Waals surface area contributed by atoms with Gasteiger partial charge in [0, 0.05) is 15.5 Å². The number of rotatable bonds is 3. The molecule has 0 saturated heterocycles. The summed E-state index contributed by atoms with van der Waals surface area (Å²) in [6.07, 6.45) is 0. The second kappa shape index (κ2) is 5.33. The van der Waals surface area contributed by atoms with E-state index in [1.54, 1.807) is 0 Å². The summed E-state index contributed by atoms with van der Waals surface area (Å²) in [6, 6.07) is 16.6. The zero-order chi connectivity index (χ0) is 14.1. The Morgan fingerprint density at radius 3 is 2.65 bits per heavy atom. The Kier molecular flexibility index (Phi) is 3.53. The van der Waals surface area contributed by atoms with Crippen LogP contribution in [0.15, 0.2) is 57.4 Å². The Labute approximate surface area is 126 Å². The summed E-state index contributed by atoms with van der Waals surface area (Å²) in [4.78, 5) is 0. The molecule has 0 aliphatic rings. The third-order valence-corrected chi connectivity index (χ3v) is 4.30. The van der Waals surface area contributed by atoms with Gasteiger partial charge in [-0.25, -0.2) is 0 Å². The first kappa shape index (κ1) is 13.3. The lowest BCUT2D eigenvalue weighted by atomic mass is 10.2. The fraction of sp³-hybridized carbons (Fsp3) is 0.176.